The van der Waals surface area contributed by atoms with Crippen molar-refractivity contribution in [1.82, 2.24) is 20.7 Å². The lowest BCUT2D eigenvalue weighted by atomic mass is 9.99. The van der Waals surface area contributed by atoms with Crippen molar-refractivity contribution in [3.63, 3.8) is 0 Å². The van der Waals surface area contributed by atoms with Crippen LogP contribution in [-0.2, 0) is 48.6 Å². The van der Waals surface area contributed by atoms with E-state index in [4.69, 9.17) is 4.74 Å². The number of hydrogen-bond donors (Lipinski definition) is 4. The van der Waals surface area contributed by atoms with E-state index in [0.717, 1.165) is 5.56 Å². The zero-order valence-corrected chi connectivity index (χ0v) is 27.4. The van der Waals surface area contributed by atoms with Crippen molar-refractivity contribution < 1.29 is 38.0 Å². The molecule has 12 heteroatoms. The molecule has 0 unspecified atom stereocenters. The lowest BCUT2D eigenvalue weighted by molar-refractivity contribution is -0.140. The quantitative estimate of drug-likeness (QED) is 0.132. The summed E-state index contributed by atoms with van der Waals surface area (Å²) < 4.78 is 33.3. The molecular formula is C36H46N4O7S. The number of carbonyl (C=O) groups is 4. The van der Waals surface area contributed by atoms with Crippen molar-refractivity contribution in [3.05, 3.63) is 132 Å². The van der Waals surface area contributed by atoms with E-state index in [0.29, 0.717) is 16.9 Å². The van der Waals surface area contributed by atoms with Crippen LogP contribution in [0.25, 0.3) is 0 Å². The summed E-state index contributed by atoms with van der Waals surface area (Å²) in [6.07, 6.45) is 0.00677. The molecule has 0 aliphatic carbocycles. The zero-order valence-electron chi connectivity index (χ0n) is 26.6. The number of Topliss-reactive ketones (excluding diaryl/α,β-unsaturated/α-hetero) is 1. The monoisotopic (exact) mass is 678 g/mol. The SMILES string of the molecule is COc1ccc(C[C@H](NC(=O)[C@H](C)NS(=O)(=O)c2ccccc2)C(=O)N[C@@H](Cc2ccccc2)C(=O)C(=O)NCc2ccccc2)cc1.[HH].[HH].[HH].[HH]. The van der Waals surface area contributed by atoms with Crippen LogP contribution in [0.5, 0.6) is 5.75 Å². The fraction of sp³-hybridized carbons (Fsp3) is 0.222. The van der Waals surface area contributed by atoms with Gasteiger partial charge in [-0.15, -0.1) is 0 Å². The Morgan fingerprint density at radius 3 is 1.75 bits per heavy atom. The van der Waals surface area contributed by atoms with Gasteiger partial charge in [-0.1, -0.05) is 91.0 Å². The molecule has 4 rings (SSSR count). The zero-order chi connectivity index (χ0) is 34.5. The molecule has 3 atom stereocenters. The first kappa shape index (κ1) is 35.5. The molecule has 4 N–H and O–H groups in total. The molecule has 0 fully saturated rings. The second-order valence-corrected chi connectivity index (χ2v) is 12.8. The largest absolute Gasteiger partial charge is 0.497 e. The van der Waals surface area contributed by atoms with Gasteiger partial charge in [-0.3, -0.25) is 19.2 Å². The van der Waals surface area contributed by atoms with Gasteiger partial charge in [0, 0.05) is 25.1 Å². The number of methoxy groups -OCH3 is 1. The summed E-state index contributed by atoms with van der Waals surface area (Å²) in [5.74, 6) is -2.65. The molecule has 0 aliphatic rings. The maximum absolute atomic E-state index is 13.9. The average molecular weight is 679 g/mol. The molecule has 4 aromatic carbocycles. The second kappa shape index (κ2) is 17.0. The van der Waals surface area contributed by atoms with Crippen molar-refractivity contribution in [2.75, 3.05) is 7.11 Å². The molecule has 48 heavy (non-hydrogen) atoms. The minimum Gasteiger partial charge on any atom is -0.497 e. The number of carbonyl (C=O) groups excluding carboxylic acids is 4. The first-order valence-electron chi connectivity index (χ1n) is 15.3. The molecule has 0 spiro atoms. The van der Waals surface area contributed by atoms with E-state index >= 15 is 0 Å². The van der Waals surface area contributed by atoms with E-state index in [1.54, 1.807) is 84.9 Å². The Bertz CT molecular complexity index is 1810. The summed E-state index contributed by atoms with van der Waals surface area (Å²) in [5.41, 5.74) is 2.15. The molecule has 0 saturated heterocycles. The summed E-state index contributed by atoms with van der Waals surface area (Å²) in [6, 6.07) is 28.6. The third-order valence-corrected chi connectivity index (χ3v) is 9.00. The van der Waals surface area contributed by atoms with E-state index < -0.39 is 51.7 Å². The molecule has 258 valence electrons. The van der Waals surface area contributed by atoms with Crippen LogP contribution in [0.15, 0.2) is 120 Å². The molecule has 0 heterocycles. The number of hydrogen-bond acceptors (Lipinski definition) is 7. The van der Waals surface area contributed by atoms with E-state index in [-0.39, 0.29) is 30.0 Å². The van der Waals surface area contributed by atoms with Gasteiger partial charge in [-0.05, 0) is 47.9 Å². The first-order valence-corrected chi connectivity index (χ1v) is 16.7. The van der Waals surface area contributed by atoms with Crippen molar-refractivity contribution in [3.8, 4) is 5.75 Å². The van der Waals surface area contributed by atoms with Gasteiger partial charge in [0.2, 0.25) is 27.6 Å². The highest BCUT2D eigenvalue weighted by molar-refractivity contribution is 7.89. The Labute approximate surface area is 286 Å². The van der Waals surface area contributed by atoms with Crippen LogP contribution >= 0.6 is 0 Å². The van der Waals surface area contributed by atoms with Gasteiger partial charge in [0.25, 0.3) is 5.91 Å². The first-order chi connectivity index (χ1) is 23.1. The highest BCUT2D eigenvalue weighted by atomic mass is 32.2. The van der Waals surface area contributed by atoms with Crippen molar-refractivity contribution >= 4 is 33.5 Å². The van der Waals surface area contributed by atoms with Crippen molar-refractivity contribution in [2.24, 2.45) is 0 Å². The van der Waals surface area contributed by atoms with Crippen LogP contribution in [0, 0.1) is 0 Å². The highest BCUT2D eigenvalue weighted by Crippen LogP contribution is 2.14. The Kier molecular flexibility index (Phi) is 12.6. The van der Waals surface area contributed by atoms with Gasteiger partial charge in [0.15, 0.2) is 0 Å². The molecule has 0 bridgehead atoms. The molecule has 0 aromatic heterocycles. The summed E-state index contributed by atoms with van der Waals surface area (Å²) >= 11 is 0. The average Bonchev–Trinajstić information content (AvgIpc) is 3.11. The van der Waals surface area contributed by atoms with Crippen LogP contribution in [0.3, 0.4) is 0 Å². The number of amides is 3. The molecule has 0 aliphatic heterocycles. The van der Waals surface area contributed by atoms with Gasteiger partial charge in [0.1, 0.15) is 17.8 Å². The van der Waals surface area contributed by atoms with Crippen LogP contribution in [0.1, 0.15) is 29.3 Å². The van der Waals surface area contributed by atoms with Gasteiger partial charge in [-0.2, -0.15) is 4.72 Å². The van der Waals surface area contributed by atoms with Crippen LogP contribution in [0.4, 0.5) is 0 Å². The van der Waals surface area contributed by atoms with Gasteiger partial charge in [0.05, 0.1) is 18.0 Å². The minimum absolute atomic E-state index is 0. The Morgan fingerprint density at radius 2 is 1.17 bits per heavy atom. The van der Waals surface area contributed by atoms with Gasteiger partial charge < -0.3 is 20.7 Å². The smallest absolute Gasteiger partial charge is 0.289 e. The normalized spacial score (nSPS) is 13.0. The van der Waals surface area contributed by atoms with Gasteiger partial charge >= 0.3 is 0 Å². The fourth-order valence-corrected chi connectivity index (χ4v) is 6.04. The van der Waals surface area contributed by atoms with Crippen LogP contribution < -0.4 is 25.4 Å². The standard InChI is InChI=1S/C36H38N4O7S.4H2/c1-25(40-48(45,46)30-16-10-5-11-17-30)34(42)39-32(23-27-18-20-29(47-2)21-19-27)35(43)38-31(22-26-12-6-3-7-13-26)33(41)36(44)37-24-28-14-8-4-9-15-28;;;;/h3-21,25,31-32,40H,22-24H2,1-2H3,(H,37,44)(H,38,43)(H,39,42);4*1H/t25-,31-,32-;;;;/m0..../s1. The number of rotatable bonds is 16. The topological polar surface area (TPSA) is 160 Å². The Morgan fingerprint density at radius 1 is 0.667 bits per heavy atom. The predicted octanol–water partition coefficient (Wildman–Crippen LogP) is 3.69. The maximum Gasteiger partial charge on any atom is 0.289 e. The third kappa shape index (κ3) is 10.3. The molecule has 3 amide bonds. The minimum atomic E-state index is -4.04. The second-order valence-electron chi connectivity index (χ2n) is 11.1. The van der Waals surface area contributed by atoms with E-state index in [1.165, 1.54) is 26.2 Å². The number of ketones is 1. The van der Waals surface area contributed by atoms with Crippen LogP contribution in [-0.4, -0.2) is 57.2 Å². The van der Waals surface area contributed by atoms with Crippen molar-refractivity contribution in [1.29, 1.82) is 0 Å². The number of benzene rings is 4. The lowest BCUT2D eigenvalue weighted by Crippen LogP contribution is -2.57. The lowest BCUT2D eigenvalue weighted by Gasteiger charge is -2.24. The van der Waals surface area contributed by atoms with E-state index in [1.807, 2.05) is 18.2 Å². The fourth-order valence-electron chi connectivity index (χ4n) is 4.81. The van der Waals surface area contributed by atoms with E-state index in [2.05, 4.69) is 20.7 Å². The number of ether oxygens (including phenoxy) is 1. The third-order valence-electron chi connectivity index (χ3n) is 7.45. The molecular weight excluding hydrogens is 632 g/mol. The Hall–Kier alpha value is -5.33. The maximum atomic E-state index is 13.9. The molecule has 4 aromatic rings. The molecule has 0 radical (unpaired) electrons. The molecule has 0 saturated carbocycles. The van der Waals surface area contributed by atoms with Gasteiger partial charge in [-0.25, -0.2) is 8.42 Å². The highest BCUT2D eigenvalue weighted by Gasteiger charge is 2.32. The van der Waals surface area contributed by atoms with E-state index in [9.17, 15) is 27.6 Å². The summed E-state index contributed by atoms with van der Waals surface area (Å²) in [4.78, 5) is 53.7. The van der Waals surface area contributed by atoms with Crippen LogP contribution in [0.2, 0.25) is 0 Å². The molecule has 11 nitrogen and oxygen atoms in total. The summed E-state index contributed by atoms with van der Waals surface area (Å²) in [6.45, 7) is 1.47. The summed E-state index contributed by atoms with van der Waals surface area (Å²) in [5, 5.41) is 7.92. The summed E-state index contributed by atoms with van der Waals surface area (Å²) in [7, 11) is -2.52. The Balaban J connectivity index is 0.00000650. The predicted molar refractivity (Wildman–Crippen MR) is 189 cm³/mol. The number of sulfonamides is 1. The van der Waals surface area contributed by atoms with Crippen molar-refractivity contribution in [2.45, 2.75) is 49.3 Å². The number of nitrogens with one attached hydrogen (secondary N) is 4.